The highest BCUT2D eigenvalue weighted by Gasteiger charge is 2.41. The van der Waals surface area contributed by atoms with Crippen molar-refractivity contribution in [2.45, 2.75) is 42.9 Å². The molecule has 2 atom stereocenters. The Morgan fingerprint density at radius 2 is 2.36 bits per heavy atom. The van der Waals surface area contributed by atoms with Gasteiger partial charge in [-0.25, -0.2) is 0 Å². The third-order valence-electron chi connectivity index (χ3n) is 3.47. The van der Waals surface area contributed by atoms with E-state index in [1.54, 1.807) is 0 Å². The maximum absolute atomic E-state index is 5.41. The summed E-state index contributed by atoms with van der Waals surface area (Å²) < 4.78 is 5.41. The minimum absolute atomic E-state index is 0.305. The molecule has 2 aliphatic rings. The Hall–Kier alpha value is 0.270. The molecule has 82 valence electrons. The van der Waals surface area contributed by atoms with Crippen LogP contribution in [0.4, 0.5) is 0 Å². The smallest absolute Gasteiger partial charge is 0.0655 e. The maximum Gasteiger partial charge on any atom is 0.0655 e. The number of methoxy groups -OCH3 is 1. The summed E-state index contributed by atoms with van der Waals surface area (Å²) in [4.78, 5) is 0. The van der Waals surface area contributed by atoms with Crippen LogP contribution in [0.25, 0.3) is 0 Å². The fraction of sp³-hybridized carbons (Fsp3) is 1.00. The standard InChI is InChI=1S/C11H21NOS/c1-13-9-11(6-4-7-12-11)10-5-2-3-8-14-10/h10,12H,2-9H2,1H3. The van der Waals surface area contributed by atoms with Gasteiger partial charge in [0.1, 0.15) is 0 Å². The second-order valence-corrected chi connectivity index (χ2v) is 5.79. The monoisotopic (exact) mass is 215 g/mol. The van der Waals surface area contributed by atoms with Crippen LogP contribution in [-0.4, -0.2) is 36.8 Å². The maximum atomic E-state index is 5.41. The van der Waals surface area contributed by atoms with Crippen molar-refractivity contribution in [2.75, 3.05) is 26.0 Å². The van der Waals surface area contributed by atoms with E-state index in [4.69, 9.17) is 4.74 Å². The largest absolute Gasteiger partial charge is 0.383 e. The molecule has 0 amide bonds. The second-order valence-electron chi connectivity index (χ2n) is 4.47. The van der Waals surface area contributed by atoms with Crippen LogP contribution in [0.1, 0.15) is 32.1 Å². The molecular formula is C11H21NOS. The summed E-state index contributed by atoms with van der Waals surface area (Å²) in [5.74, 6) is 1.35. The lowest BCUT2D eigenvalue weighted by Crippen LogP contribution is -2.53. The first-order valence-electron chi connectivity index (χ1n) is 5.73. The minimum atomic E-state index is 0.305. The van der Waals surface area contributed by atoms with Crippen LogP contribution in [0.2, 0.25) is 0 Å². The Labute approximate surface area is 91.2 Å². The summed E-state index contributed by atoms with van der Waals surface area (Å²) >= 11 is 2.16. The molecular weight excluding hydrogens is 194 g/mol. The molecule has 0 aromatic carbocycles. The number of hydrogen-bond acceptors (Lipinski definition) is 3. The van der Waals surface area contributed by atoms with Crippen molar-refractivity contribution in [2.24, 2.45) is 0 Å². The molecule has 2 rings (SSSR count). The molecule has 0 radical (unpaired) electrons. The third-order valence-corrected chi connectivity index (χ3v) is 5.09. The van der Waals surface area contributed by atoms with E-state index in [-0.39, 0.29) is 0 Å². The molecule has 2 aliphatic heterocycles. The van der Waals surface area contributed by atoms with Crippen LogP contribution in [0.5, 0.6) is 0 Å². The fourth-order valence-corrected chi connectivity index (χ4v) is 4.33. The van der Waals surface area contributed by atoms with Crippen LogP contribution in [0, 0.1) is 0 Å². The highest BCUT2D eigenvalue weighted by Crippen LogP contribution is 2.37. The summed E-state index contributed by atoms with van der Waals surface area (Å²) in [6, 6.07) is 0. The second kappa shape index (κ2) is 4.86. The third kappa shape index (κ3) is 2.10. The molecule has 0 aromatic rings. The van der Waals surface area contributed by atoms with Crippen LogP contribution in [-0.2, 0) is 4.74 Å². The number of nitrogens with one attached hydrogen (secondary N) is 1. The van der Waals surface area contributed by atoms with Crippen molar-refractivity contribution in [1.82, 2.24) is 5.32 Å². The Morgan fingerprint density at radius 3 is 2.93 bits per heavy atom. The van der Waals surface area contributed by atoms with Gasteiger partial charge in [-0.15, -0.1) is 0 Å². The molecule has 2 nitrogen and oxygen atoms in total. The molecule has 1 N–H and O–H groups in total. The van der Waals surface area contributed by atoms with E-state index in [1.165, 1.54) is 44.4 Å². The fourth-order valence-electron chi connectivity index (χ4n) is 2.75. The van der Waals surface area contributed by atoms with Gasteiger partial charge in [0, 0.05) is 12.4 Å². The van der Waals surface area contributed by atoms with Crippen LogP contribution in [0.3, 0.4) is 0 Å². The van der Waals surface area contributed by atoms with Gasteiger partial charge in [0.2, 0.25) is 0 Å². The van der Waals surface area contributed by atoms with E-state index < -0.39 is 0 Å². The Kier molecular flexibility index (Phi) is 3.74. The molecule has 0 bridgehead atoms. The van der Waals surface area contributed by atoms with E-state index in [9.17, 15) is 0 Å². The van der Waals surface area contributed by atoms with E-state index in [0.717, 1.165) is 11.9 Å². The zero-order valence-electron chi connectivity index (χ0n) is 9.05. The molecule has 2 fully saturated rings. The summed E-state index contributed by atoms with van der Waals surface area (Å²) in [6.45, 7) is 2.07. The Morgan fingerprint density at radius 1 is 1.43 bits per heavy atom. The van der Waals surface area contributed by atoms with Gasteiger partial charge in [-0.1, -0.05) is 6.42 Å². The van der Waals surface area contributed by atoms with Crippen molar-refractivity contribution >= 4 is 11.8 Å². The molecule has 2 saturated heterocycles. The van der Waals surface area contributed by atoms with Gasteiger partial charge in [0.15, 0.2) is 0 Å². The van der Waals surface area contributed by atoms with E-state index >= 15 is 0 Å². The van der Waals surface area contributed by atoms with Crippen molar-refractivity contribution < 1.29 is 4.74 Å². The van der Waals surface area contributed by atoms with Crippen molar-refractivity contribution in [1.29, 1.82) is 0 Å². The normalized spacial score (nSPS) is 38.8. The van der Waals surface area contributed by atoms with Gasteiger partial charge < -0.3 is 10.1 Å². The molecule has 3 heteroatoms. The quantitative estimate of drug-likeness (QED) is 0.778. The Bertz CT molecular complexity index is 174. The number of rotatable bonds is 3. The molecule has 14 heavy (non-hydrogen) atoms. The van der Waals surface area contributed by atoms with Gasteiger partial charge in [-0.2, -0.15) is 11.8 Å². The molecule has 0 aromatic heterocycles. The van der Waals surface area contributed by atoms with Crippen LogP contribution in [0.15, 0.2) is 0 Å². The van der Waals surface area contributed by atoms with Crippen molar-refractivity contribution in [3.63, 3.8) is 0 Å². The summed E-state index contributed by atoms with van der Waals surface area (Å²) in [5, 5.41) is 4.49. The van der Waals surface area contributed by atoms with Gasteiger partial charge in [0.25, 0.3) is 0 Å². The minimum Gasteiger partial charge on any atom is -0.383 e. The highest BCUT2D eigenvalue weighted by molar-refractivity contribution is 8.00. The average Bonchev–Trinajstić information content (AvgIpc) is 2.70. The predicted octanol–water partition coefficient (Wildman–Crippen LogP) is 2.04. The topological polar surface area (TPSA) is 21.3 Å². The van der Waals surface area contributed by atoms with Crippen molar-refractivity contribution in [3.05, 3.63) is 0 Å². The first-order valence-corrected chi connectivity index (χ1v) is 6.78. The average molecular weight is 215 g/mol. The molecule has 2 heterocycles. The SMILES string of the molecule is COCC1(C2CCCCS2)CCCN1. The lowest BCUT2D eigenvalue weighted by atomic mass is 9.90. The zero-order valence-corrected chi connectivity index (χ0v) is 9.87. The molecule has 0 spiro atoms. The summed E-state index contributed by atoms with van der Waals surface area (Å²) in [7, 11) is 1.83. The van der Waals surface area contributed by atoms with Crippen LogP contribution < -0.4 is 5.32 Å². The van der Waals surface area contributed by atoms with E-state index in [0.29, 0.717) is 5.54 Å². The highest BCUT2D eigenvalue weighted by atomic mass is 32.2. The predicted molar refractivity (Wildman–Crippen MR) is 61.9 cm³/mol. The van der Waals surface area contributed by atoms with Gasteiger partial charge >= 0.3 is 0 Å². The number of ether oxygens (including phenoxy) is 1. The van der Waals surface area contributed by atoms with Gasteiger partial charge in [-0.3, -0.25) is 0 Å². The number of thioether (sulfide) groups is 1. The van der Waals surface area contributed by atoms with E-state index in [1.807, 2.05) is 7.11 Å². The lowest BCUT2D eigenvalue weighted by Gasteiger charge is -2.39. The zero-order chi connectivity index (χ0) is 9.86. The molecule has 0 aliphatic carbocycles. The first kappa shape index (κ1) is 10.8. The van der Waals surface area contributed by atoms with Gasteiger partial charge in [-0.05, 0) is 38.0 Å². The summed E-state index contributed by atoms with van der Waals surface area (Å²) in [6.07, 6.45) is 6.81. The summed E-state index contributed by atoms with van der Waals surface area (Å²) in [5.41, 5.74) is 0.305. The van der Waals surface area contributed by atoms with E-state index in [2.05, 4.69) is 17.1 Å². The molecule has 0 saturated carbocycles. The van der Waals surface area contributed by atoms with Gasteiger partial charge in [0.05, 0.1) is 12.1 Å². The lowest BCUT2D eigenvalue weighted by molar-refractivity contribution is 0.116. The number of hydrogen-bond donors (Lipinski definition) is 1. The first-order chi connectivity index (χ1) is 6.87. The Balaban J connectivity index is 2.00. The van der Waals surface area contributed by atoms with Crippen molar-refractivity contribution in [3.8, 4) is 0 Å². The molecule has 2 unspecified atom stereocenters. The van der Waals surface area contributed by atoms with Crippen LogP contribution >= 0.6 is 11.8 Å².